The Balaban J connectivity index is 2.45. The van der Waals surface area contributed by atoms with Gasteiger partial charge in [0.1, 0.15) is 0 Å². The van der Waals surface area contributed by atoms with Gasteiger partial charge in [-0.25, -0.2) is 0 Å². The highest BCUT2D eigenvalue weighted by molar-refractivity contribution is 5.64. The van der Waals surface area contributed by atoms with Gasteiger partial charge in [-0.1, -0.05) is 6.07 Å². The van der Waals surface area contributed by atoms with Crippen molar-refractivity contribution in [2.24, 2.45) is 0 Å². The summed E-state index contributed by atoms with van der Waals surface area (Å²) in [6.45, 7) is 6.18. The van der Waals surface area contributed by atoms with Gasteiger partial charge in [0.25, 0.3) is 0 Å². The summed E-state index contributed by atoms with van der Waals surface area (Å²) in [5, 5.41) is 13.3. The number of aromatic nitrogens is 2. The number of nitriles is 1. The normalized spacial score (nSPS) is 10.5. The van der Waals surface area contributed by atoms with Gasteiger partial charge in [-0.3, -0.25) is 4.68 Å². The molecule has 0 aliphatic carbocycles. The fourth-order valence-electron chi connectivity index (χ4n) is 1.78. The van der Waals surface area contributed by atoms with Crippen LogP contribution in [0.1, 0.15) is 31.0 Å². The third kappa shape index (κ3) is 2.36. The molecule has 0 bridgehead atoms. The number of aryl methyl sites for hydroxylation is 1. The standard InChI is InChI=1S/C14H15N3/c1-10(2)17-9-14(8-16-17)13-5-11(3)4-12(6-13)7-15/h4-6,8-10H,1-3H3. The maximum Gasteiger partial charge on any atom is 0.0991 e. The molecular weight excluding hydrogens is 210 g/mol. The fraction of sp³-hybridized carbons (Fsp3) is 0.286. The monoisotopic (exact) mass is 225 g/mol. The minimum absolute atomic E-state index is 0.351. The molecule has 0 atom stereocenters. The van der Waals surface area contributed by atoms with Crippen molar-refractivity contribution < 1.29 is 0 Å². The molecule has 0 saturated heterocycles. The lowest BCUT2D eigenvalue weighted by molar-refractivity contribution is 0.532. The van der Waals surface area contributed by atoms with Gasteiger partial charge < -0.3 is 0 Å². The molecule has 3 heteroatoms. The van der Waals surface area contributed by atoms with Gasteiger partial charge in [-0.2, -0.15) is 10.4 Å². The third-order valence-electron chi connectivity index (χ3n) is 2.67. The Kier molecular flexibility index (Phi) is 2.97. The van der Waals surface area contributed by atoms with Crippen LogP contribution in [0.25, 0.3) is 11.1 Å². The van der Waals surface area contributed by atoms with Gasteiger partial charge in [0.15, 0.2) is 0 Å². The average molecular weight is 225 g/mol. The molecule has 0 saturated carbocycles. The van der Waals surface area contributed by atoms with E-state index in [0.717, 1.165) is 16.7 Å². The van der Waals surface area contributed by atoms with Crippen molar-refractivity contribution in [3.63, 3.8) is 0 Å². The van der Waals surface area contributed by atoms with Crippen molar-refractivity contribution >= 4 is 0 Å². The predicted octanol–water partition coefficient (Wildman–Crippen LogP) is 3.31. The molecule has 86 valence electrons. The van der Waals surface area contributed by atoms with Crippen molar-refractivity contribution in [2.75, 3.05) is 0 Å². The average Bonchev–Trinajstić information content (AvgIpc) is 2.77. The van der Waals surface area contributed by atoms with Crippen LogP contribution in [0, 0.1) is 18.3 Å². The number of hydrogen-bond donors (Lipinski definition) is 0. The van der Waals surface area contributed by atoms with E-state index in [-0.39, 0.29) is 0 Å². The third-order valence-corrected chi connectivity index (χ3v) is 2.67. The van der Waals surface area contributed by atoms with Crippen molar-refractivity contribution in [3.8, 4) is 17.2 Å². The molecule has 1 heterocycles. The molecule has 1 aromatic heterocycles. The van der Waals surface area contributed by atoms with E-state index in [9.17, 15) is 0 Å². The highest BCUT2D eigenvalue weighted by atomic mass is 15.3. The molecule has 0 radical (unpaired) electrons. The molecule has 0 aliphatic rings. The Labute approximate surface area is 101 Å². The second-order valence-corrected chi connectivity index (χ2v) is 4.50. The quantitative estimate of drug-likeness (QED) is 0.786. The Hall–Kier alpha value is -2.08. The summed E-state index contributed by atoms with van der Waals surface area (Å²) in [6.07, 6.45) is 3.86. The van der Waals surface area contributed by atoms with Gasteiger partial charge in [-0.15, -0.1) is 0 Å². The van der Waals surface area contributed by atoms with Crippen molar-refractivity contribution in [3.05, 3.63) is 41.7 Å². The topological polar surface area (TPSA) is 41.6 Å². The van der Waals surface area contributed by atoms with Gasteiger partial charge in [0.05, 0.1) is 17.8 Å². The van der Waals surface area contributed by atoms with Crippen LogP contribution in [-0.2, 0) is 0 Å². The van der Waals surface area contributed by atoms with Crippen LogP contribution in [0.5, 0.6) is 0 Å². The first-order valence-electron chi connectivity index (χ1n) is 5.66. The summed E-state index contributed by atoms with van der Waals surface area (Å²) in [5.74, 6) is 0. The molecule has 0 N–H and O–H groups in total. The lowest BCUT2D eigenvalue weighted by Crippen LogP contribution is -1.99. The van der Waals surface area contributed by atoms with Gasteiger partial charge >= 0.3 is 0 Å². The second kappa shape index (κ2) is 4.42. The first-order chi connectivity index (χ1) is 8.10. The SMILES string of the molecule is Cc1cc(C#N)cc(-c2cnn(C(C)C)c2)c1. The molecule has 0 spiro atoms. The Morgan fingerprint density at radius 1 is 1.24 bits per heavy atom. The largest absolute Gasteiger partial charge is 0.270 e. The zero-order chi connectivity index (χ0) is 12.4. The second-order valence-electron chi connectivity index (χ2n) is 4.50. The van der Waals surface area contributed by atoms with E-state index < -0.39 is 0 Å². The number of benzene rings is 1. The predicted molar refractivity (Wildman–Crippen MR) is 67.5 cm³/mol. The Morgan fingerprint density at radius 3 is 2.59 bits per heavy atom. The number of nitrogens with zero attached hydrogens (tertiary/aromatic N) is 3. The molecule has 2 rings (SSSR count). The molecular formula is C14H15N3. The summed E-state index contributed by atoms with van der Waals surface area (Å²) in [7, 11) is 0. The van der Waals surface area contributed by atoms with Gasteiger partial charge in [0, 0.05) is 17.8 Å². The van der Waals surface area contributed by atoms with E-state index in [0.29, 0.717) is 11.6 Å². The van der Waals surface area contributed by atoms with Crippen LogP contribution < -0.4 is 0 Å². The highest BCUT2D eigenvalue weighted by Crippen LogP contribution is 2.22. The highest BCUT2D eigenvalue weighted by Gasteiger charge is 2.05. The lowest BCUT2D eigenvalue weighted by atomic mass is 10.0. The minimum atomic E-state index is 0.351. The smallest absolute Gasteiger partial charge is 0.0991 e. The molecule has 2 aromatic rings. The summed E-state index contributed by atoms with van der Waals surface area (Å²) >= 11 is 0. The van der Waals surface area contributed by atoms with Crippen LogP contribution in [0.2, 0.25) is 0 Å². The Bertz CT molecular complexity index is 573. The molecule has 0 unspecified atom stereocenters. The minimum Gasteiger partial charge on any atom is -0.270 e. The number of rotatable bonds is 2. The van der Waals surface area contributed by atoms with Crippen molar-refractivity contribution in [1.82, 2.24) is 9.78 Å². The van der Waals surface area contributed by atoms with Crippen molar-refractivity contribution in [2.45, 2.75) is 26.8 Å². The molecule has 0 amide bonds. The van der Waals surface area contributed by atoms with Gasteiger partial charge in [0.2, 0.25) is 0 Å². The van der Waals surface area contributed by atoms with E-state index in [2.05, 4.69) is 31.1 Å². The summed E-state index contributed by atoms with van der Waals surface area (Å²) in [5.41, 5.74) is 3.89. The Morgan fingerprint density at radius 2 is 2.00 bits per heavy atom. The summed E-state index contributed by atoms with van der Waals surface area (Å²) < 4.78 is 1.92. The number of hydrogen-bond acceptors (Lipinski definition) is 2. The summed E-state index contributed by atoms with van der Waals surface area (Å²) in [6, 6.07) is 8.39. The zero-order valence-corrected chi connectivity index (χ0v) is 10.3. The lowest BCUT2D eigenvalue weighted by Gasteiger charge is -2.04. The molecule has 1 aromatic carbocycles. The maximum absolute atomic E-state index is 8.96. The molecule has 0 aliphatic heterocycles. The van der Waals surface area contributed by atoms with Gasteiger partial charge in [-0.05, 0) is 44.0 Å². The van der Waals surface area contributed by atoms with E-state index in [1.807, 2.05) is 36.1 Å². The first-order valence-corrected chi connectivity index (χ1v) is 5.66. The van der Waals surface area contributed by atoms with Crippen LogP contribution >= 0.6 is 0 Å². The molecule has 3 nitrogen and oxygen atoms in total. The van der Waals surface area contributed by atoms with E-state index in [1.165, 1.54) is 0 Å². The van der Waals surface area contributed by atoms with Crippen molar-refractivity contribution in [1.29, 1.82) is 5.26 Å². The van der Waals surface area contributed by atoms with E-state index in [4.69, 9.17) is 5.26 Å². The van der Waals surface area contributed by atoms with Crippen LogP contribution in [0.15, 0.2) is 30.6 Å². The zero-order valence-electron chi connectivity index (χ0n) is 10.3. The molecule has 17 heavy (non-hydrogen) atoms. The summed E-state index contributed by atoms with van der Waals surface area (Å²) in [4.78, 5) is 0. The first kappa shape index (κ1) is 11.4. The van der Waals surface area contributed by atoms with E-state index in [1.54, 1.807) is 0 Å². The van der Waals surface area contributed by atoms with Crippen LogP contribution in [-0.4, -0.2) is 9.78 Å². The maximum atomic E-state index is 8.96. The van der Waals surface area contributed by atoms with E-state index >= 15 is 0 Å². The van der Waals surface area contributed by atoms with Crippen LogP contribution in [0.3, 0.4) is 0 Å². The van der Waals surface area contributed by atoms with Crippen LogP contribution in [0.4, 0.5) is 0 Å². The fourth-order valence-corrected chi connectivity index (χ4v) is 1.78. The molecule has 0 fully saturated rings.